The second kappa shape index (κ2) is 5.30. The third-order valence-corrected chi connectivity index (χ3v) is 3.30. The van der Waals surface area contributed by atoms with Gasteiger partial charge in [0.15, 0.2) is 11.6 Å². The Morgan fingerprint density at radius 3 is 2.26 bits per heavy atom. The average molecular weight is 334 g/mol. The standard InChI is InChI=1S/C13H8BrF4N/c14-8-5-10(16)7(4-11(8)17)13(19)6-2-1-3-9(15)12(6)18/h1-5,13H,19H2. The van der Waals surface area contributed by atoms with Gasteiger partial charge in [-0.25, -0.2) is 17.6 Å². The van der Waals surface area contributed by atoms with E-state index in [-0.39, 0.29) is 15.6 Å². The largest absolute Gasteiger partial charge is 0.320 e. The van der Waals surface area contributed by atoms with Crippen molar-refractivity contribution in [2.24, 2.45) is 5.73 Å². The summed E-state index contributed by atoms with van der Waals surface area (Å²) < 4.78 is 53.7. The Morgan fingerprint density at radius 2 is 1.58 bits per heavy atom. The van der Waals surface area contributed by atoms with Crippen molar-refractivity contribution in [3.8, 4) is 0 Å². The Labute approximate surface area is 115 Å². The van der Waals surface area contributed by atoms with Gasteiger partial charge < -0.3 is 5.73 Å². The molecule has 1 atom stereocenters. The summed E-state index contributed by atoms with van der Waals surface area (Å²) in [7, 11) is 0. The molecule has 0 bridgehead atoms. The third-order valence-electron chi connectivity index (χ3n) is 2.69. The molecule has 0 fully saturated rings. The van der Waals surface area contributed by atoms with E-state index in [1.165, 1.54) is 12.1 Å². The maximum Gasteiger partial charge on any atom is 0.163 e. The van der Waals surface area contributed by atoms with Crippen molar-refractivity contribution in [3.63, 3.8) is 0 Å². The Kier molecular flexibility index (Phi) is 3.91. The fourth-order valence-electron chi connectivity index (χ4n) is 1.70. The molecule has 0 aliphatic rings. The van der Waals surface area contributed by atoms with E-state index in [1.807, 2.05) is 0 Å². The van der Waals surface area contributed by atoms with E-state index in [0.29, 0.717) is 0 Å². The van der Waals surface area contributed by atoms with E-state index in [9.17, 15) is 17.6 Å². The average Bonchev–Trinajstić information content (AvgIpc) is 2.36. The normalized spacial score (nSPS) is 12.5. The molecule has 0 aliphatic carbocycles. The minimum Gasteiger partial charge on any atom is -0.320 e. The summed E-state index contributed by atoms with van der Waals surface area (Å²) in [5.41, 5.74) is 5.20. The van der Waals surface area contributed by atoms with Crippen LogP contribution in [0.4, 0.5) is 17.6 Å². The van der Waals surface area contributed by atoms with Crippen molar-refractivity contribution >= 4 is 15.9 Å². The molecule has 100 valence electrons. The molecule has 0 aromatic heterocycles. The zero-order valence-electron chi connectivity index (χ0n) is 9.43. The summed E-state index contributed by atoms with van der Waals surface area (Å²) in [4.78, 5) is 0. The van der Waals surface area contributed by atoms with Gasteiger partial charge in [-0.1, -0.05) is 12.1 Å². The van der Waals surface area contributed by atoms with Crippen LogP contribution in [-0.4, -0.2) is 0 Å². The maximum atomic E-state index is 13.7. The van der Waals surface area contributed by atoms with Crippen LogP contribution in [0.5, 0.6) is 0 Å². The molecule has 0 heterocycles. The zero-order valence-corrected chi connectivity index (χ0v) is 11.0. The van der Waals surface area contributed by atoms with Crippen LogP contribution in [0.1, 0.15) is 17.2 Å². The number of nitrogens with two attached hydrogens (primary N) is 1. The van der Waals surface area contributed by atoms with Crippen molar-refractivity contribution in [1.29, 1.82) is 0 Å². The van der Waals surface area contributed by atoms with Crippen LogP contribution >= 0.6 is 15.9 Å². The molecule has 2 aromatic rings. The van der Waals surface area contributed by atoms with Gasteiger partial charge in [0.05, 0.1) is 10.5 Å². The highest BCUT2D eigenvalue weighted by Crippen LogP contribution is 2.28. The number of hydrogen-bond acceptors (Lipinski definition) is 1. The van der Waals surface area contributed by atoms with Gasteiger partial charge in [-0.15, -0.1) is 0 Å². The molecule has 1 nitrogen and oxygen atoms in total. The number of benzene rings is 2. The number of rotatable bonds is 2. The van der Waals surface area contributed by atoms with Gasteiger partial charge in [0.25, 0.3) is 0 Å². The molecule has 0 radical (unpaired) electrons. The molecule has 0 aliphatic heterocycles. The Morgan fingerprint density at radius 1 is 0.895 bits per heavy atom. The first-order valence-corrected chi connectivity index (χ1v) is 6.05. The summed E-state index contributed by atoms with van der Waals surface area (Å²) in [6.07, 6.45) is 0. The highest BCUT2D eigenvalue weighted by molar-refractivity contribution is 9.10. The predicted molar refractivity (Wildman–Crippen MR) is 66.4 cm³/mol. The van der Waals surface area contributed by atoms with E-state index in [4.69, 9.17) is 5.73 Å². The summed E-state index contributed by atoms with van der Waals surface area (Å²) in [5, 5.41) is 0. The smallest absolute Gasteiger partial charge is 0.163 e. The first kappa shape index (κ1) is 14.0. The van der Waals surface area contributed by atoms with Crippen LogP contribution in [-0.2, 0) is 0 Å². The zero-order chi connectivity index (χ0) is 14.2. The molecule has 0 spiro atoms. The van der Waals surface area contributed by atoms with Crippen LogP contribution in [0, 0.1) is 23.3 Å². The molecule has 2 aromatic carbocycles. The van der Waals surface area contributed by atoms with E-state index in [2.05, 4.69) is 15.9 Å². The molecule has 19 heavy (non-hydrogen) atoms. The van der Waals surface area contributed by atoms with Gasteiger partial charge in [-0.3, -0.25) is 0 Å². The lowest BCUT2D eigenvalue weighted by molar-refractivity contribution is 0.491. The molecule has 2 N–H and O–H groups in total. The van der Waals surface area contributed by atoms with Crippen molar-refractivity contribution in [1.82, 2.24) is 0 Å². The van der Waals surface area contributed by atoms with Gasteiger partial charge in [-0.05, 0) is 34.1 Å². The van der Waals surface area contributed by atoms with Crippen molar-refractivity contribution in [2.45, 2.75) is 6.04 Å². The highest BCUT2D eigenvalue weighted by atomic mass is 79.9. The SMILES string of the molecule is NC(c1cc(F)c(Br)cc1F)c1cccc(F)c1F. The lowest BCUT2D eigenvalue weighted by Gasteiger charge is -2.15. The fourth-order valence-corrected chi connectivity index (χ4v) is 2.02. The minimum absolute atomic E-state index is 0.0688. The topological polar surface area (TPSA) is 26.0 Å². The van der Waals surface area contributed by atoms with Crippen LogP contribution < -0.4 is 5.73 Å². The fraction of sp³-hybridized carbons (Fsp3) is 0.0769. The lowest BCUT2D eigenvalue weighted by Crippen LogP contribution is -2.16. The molecule has 0 amide bonds. The summed E-state index contributed by atoms with van der Waals surface area (Å²) in [6.45, 7) is 0. The van der Waals surface area contributed by atoms with E-state index in [1.54, 1.807) is 0 Å². The van der Waals surface area contributed by atoms with Gasteiger partial charge in [-0.2, -0.15) is 0 Å². The Hall–Kier alpha value is -1.40. The monoisotopic (exact) mass is 333 g/mol. The van der Waals surface area contributed by atoms with Gasteiger partial charge >= 0.3 is 0 Å². The first-order chi connectivity index (χ1) is 8.91. The van der Waals surface area contributed by atoms with Gasteiger partial charge in [0.1, 0.15) is 11.6 Å². The summed E-state index contributed by atoms with van der Waals surface area (Å²) in [5.74, 6) is -3.79. The maximum absolute atomic E-state index is 13.7. The van der Waals surface area contributed by atoms with Crippen LogP contribution in [0.2, 0.25) is 0 Å². The molecule has 6 heteroatoms. The Balaban J connectivity index is 2.53. The molecule has 1 unspecified atom stereocenters. The molecular weight excluding hydrogens is 326 g/mol. The van der Waals surface area contributed by atoms with Crippen molar-refractivity contribution < 1.29 is 17.6 Å². The van der Waals surface area contributed by atoms with Crippen LogP contribution in [0.15, 0.2) is 34.8 Å². The highest BCUT2D eigenvalue weighted by Gasteiger charge is 2.20. The van der Waals surface area contributed by atoms with E-state index in [0.717, 1.165) is 18.2 Å². The quantitative estimate of drug-likeness (QED) is 0.651. The predicted octanol–water partition coefficient (Wildman–Crippen LogP) is 4.05. The second-order valence-corrected chi connectivity index (χ2v) is 4.76. The second-order valence-electron chi connectivity index (χ2n) is 3.91. The van der Waals surface area contributed by atoms with Crippen molar-refractivity contribution in [2.75, 3.05) is 0 Å². The minimum atomic E-state index is -1.29. The Bertz CT molecular complexity index is 630. The summed E-state index contributed by atoms with van der Waals surface area (Å²) >= 11 is 2.82. The lowest BCUT2D eigenvalue weighted by atomic mass is 9.98. The van der Waals surface area contributed by atoms with Crippen LogP contribution in [0.3, 0.4) is 0 Å². The molecule has 0 saturated carbocycles. The molecule has 0 saturated heterocycles. The van der Waals surface area contributed by atoms with E-state index >= 15 is 0 Å². The van der Waals surface area contributed by atoms with Gasteiger partial charge in [0.2, 0.25) is 0 Å². The first-order valence-electron chi connectivity index (χ1n) is 5.25. The van der Waals surface area contributed by atoms with Crippen LogP contribution in [0.25, 0.3) is 0 Å². The third kappa shape index (κ3) is 2.64. The number of halogens is 5. The van der Waals surface area contributed by atoms with Crippen molar-refractivity contribution in [3.05, 3.63) is 69.2 Å². The number of hydrogen-bond donors (Lipinski definition) is 1. The molecule has 2 rings (SSSR count). The van der Waals surface area contributed by atoms with E-state index < -0.39 is 29.3 Å². The molecular formula is C13H8BrF4N. The summed E-state index contributed by atoms with van der Waals surface area (Å²) in [6, 6.07) is 3.85. The van der Waals surface area contributed by atoms with Gasteiger partial charge in [0, 0.05) is 11.1 Å².